The van der Waals surface area contributed by atoms with Crippen LogP contribution in [0, 0.1) is 6.92 Å². The highest BCUT2D eigenvalue weighted by atomic mass is 79.9. The SMILES string of the molecule is COc1cccc(C)c1NC(=O)N1CC(O)(c2cccc(Br)c2)C1. The minimum absolute atomic E-state index is 0.248. The van der Waals surface area contributed by atoms with E-state index in [1.54, 1.807) is 18.1 Å². The lowest BCUT2D eigenvalue weighted by atomic mass is 9.86. The number of β-amino-alcohol motifs (C(OH)–C–C–N with tert-alkyl or cyclic N) is 1. The standard InChI is InChI=1S/C18H19BrN2O3/c1-12-5-3-8-15(24-2)16(12)20-17(22)21-10-18(23,11-21)13-6-4-7-14(19)9-13/h3-9,23H,10-11H2,1-2H3,(H,20,22). The van der Waals surface area contributed by atoms with Crippen LogP contribution in [0.2, 0.25) is 0 Å². The quantitative estimate of drug-likeness (QED) is 0.842. The third-order valence-electron chi connectivity index (χ3n) is 4.24. The van der Waals surface area contributed by atoms with Crippen LogP contribution >= 0.6 is 15.9 Å². The fourth-order valence-electron chi connectivity index (χ4n) is 2.85. The largest absolute Gasteiger partial charge is 0.495 e. The number of aryl methyl sites for hydroxylation is 1. The van der Waals surface area contributed by atoms with Crippen molar-refractivity contribution in [3.63, 3.8) is 0 Å². The number of aliphatic hydroxyl groups is 1. The normalized spacial score (nSPS) is 15.6. The maximum Gasteiger partial charge on any atom is 0.322 e. The Balaban J connectivity index is 1.69. The number of carbonyl (C=O) groups is 1. The number of rotatable bonds is 3. The van der Waals surface area contributed by atoms with Crippen molar-refractivity contribution in [2.45, 2.75) is 12.5 Å². The summed E-state index contributed by atoms with van der Waals surface area (Å²) in [5, 5.41) is 13.6. The van der Waals surface area contributed by atoms with Crippen molar-refractivity contribution in [2.24, 2.45) is 0 Å². The molecule has 1 saturated heterocycles. The second kappa shape index (κ2) is 6.45. The average Bonchev–Trinajstić information content (AvgIpc) is 2.53. The highest BCUT2D eigenvalue weighted by molar-refractivity contribution is 9.10. The summed E-state index contributed by atoms with van der Waals surface area (Å²) >= 11 is 3.40. The predicted octanol–water partition coefficient (Wildman–Crippen LogP) is 3.50. The summed E-state index contributed by atoms with van der Waals surface area (Å²) in [6.07, 6.45) is 0. The van der Waals surface area contributed by atoms with Crippen LogP contribution < -0.4 is 10.1 Å². The summed E-state index contributed by atoms with van der Waals surface area (Å²) in [7, 11) is 1.57. The first-order valence-corrected chi connectivity index (χ1v) is 8.40. The number of halogens is 1. The Morgan fingerprint density at radius 2 is 2.00 bits per heavy atom. The van der Waals surface area contributed by atoms with E-state index in [-0.39, 0.29) is 19.1 Å². The highest BCUT2D eigenvalue weighted by Gasteiger charge is 2.45. The first kappa shape index (κ1) is 16.8. The number of hydrogen-bond acceptors (Lipinski definition) is 3. The van der Waals surface area contributed by atoms with Crippen LogP contribution in [0.4, 0.5) is 10.5 Å². The summed E-state index contributed by atoms with van der Waals surface area (Å²) < 4.78 is 6.20. The van der Waals surface area contributed by atoms with Gasteiger partial charge in [0.2, 0.25) is 0 Å². The minimum Gasteiger partial charge on any atom is -0.495 e. The van der Waals surface area contributed by atoms with Crippen molar-refractivity contribution in [2.75, 3.05) is 25.5 Å². The summed E-state index contributed by atoms with van der Waals surface area (Å²) in [5.74, 6) is 0.617. The van der Waals surface area contributed by atoms with E-state index in [0.717, 1.165) is 15.6 Å². The average molecular weight is 391 g/mol. The zero-order valence-electron chi connectivity index (χ0n) is 13.5. The number of nitrogens with one attached hydrogen (secondary N) is 1. The van der Waals surface area contributed by atoms with Crippen LogP contribution in [-0.4, -0.2) is 36.2 Å². The van der Waals surface area contributed by atoms with Crippen molar-refractivity contribution in [1.29, 1.82) is 0 Å². The summed E-state index contributed by atoms with van der Waals surface area (Å²) in [6, 6.07) is 12.9. The second-order valence-electron chi connectivity index (χ2n) is 5.98. The van der Waals surface area contributed by atoms with Gasteiger partial charge in [-0.05, 0) is 36.2 Å². The van der Waals surface area contributed by atoms with Crippen molar-refractivity contribution >= 4 is 27.6 Å². The lowest BCUT2D eigenvalue weighted by Crippen LogP contribution is -2.62. The fraction of sp³-hybridized carbons (Fsp3) is 0.278. The molecule has 3 rings (SSSR count). The molecular weight excluding hydrogens is 372 g/mol. The predicted molar refractivity (Wildman–Crippen MR) is 96.4 cm³/mol. The number of para-hydroxylation sites is 1. The zero-order chi connectivity index (χ0) is 17.3. The molecule has 2 aromatic carbocycles. The van der Waals surface area contributed by atoms with Crippen molar-refractivity contribution in [3.05, 3.63) is 58.1 Å². The first-order chi connectivity index (χ1) is 11.4. The van der Waals surface area contributed by atoms with Gasteiger partial charge in [0, 0.05) is 4.47 Å². The van der Waals surface area contributed by atoms with E-state index in [1.165, 1.54) is 0 Å². The Bertz CT molecular complexity index is 773. The molecule has 0 saturated carbocycles. The van der Waals surface area contributed by atoms with Crippen LogP contribution in [0.25, 0.3) is 0 Å². The number of urea groups is 1. The Morgan fingerprint density at radius 1 is 1.29 bits per heavy atom. The number of ether oxygens (including phenoxy) is 1. The molecule has 126 valence electrons. The Kier molecular flexibility index (Phi) is 4.51. The van der Waals surface area contributed by atoms with Crippen LogP contribution in [-0.2, 0) is 5.60 Å². The first-order valence-electron chi connectivity index (χ1n) is 7.61. The van der Waals surface area contributed by atoms with Gasteiger partial charge in [0.25, 0.3) is 0 Å². The third-order valence-corrected chi connectivity index (χ3v) is 4.73. The van der Waals surface area contributed by atoms with Crippen molar-refractivity contribution in [3.8, 4) is 5.75 Å². The molecule has 5 nitrogen and oxygen atoms in total. The summed E-state index contributed by atoms with van der Waals surface area (Å²) in [5.41, 5.74) is 1.37. The van der Waals surface area contributed by atoms with Gasteiger partial charge >= 0.3 is 6.03 Å². The molecule has 2 N–H and O–H groups in total. The van der Waals surface area contributed by atoms with Gasteiger partial charge in [-0.3, -0.25) is 0 Å². The molecule has 1 fully saturated rings. The molecule has 0 atom stereocenters. The van der Waals surface area contributed by atoms with E-state index in [4.69, 9.17) is 4.74 Å². The van der Waals surface area contributed by atoms with E-state index in [0.29, 0.717) is 11.4 Å². The number of anilines is 1. The maximum atomic E-state index is 12.4. The highest BCUT2D eigenvalue weighted by Crippen LogP contribution is 2.34. The van der Waals surface area contributed by atoms with E-state index >= 15 is 0 Å². The van der Waals surface area contributed by atoms with E-state index in [1.807, 2.05) is 43.3 Å². The number of methoxy groups -OCH3 is 1. The number of amides is 2. The molecule has 0 bridgehead atoms. The third kappa shape index (κ3) is 3.12. The molecule has 0 spiro atoms. The van der Waals surface area contributed by atoms with Crippen LogP contribution in [0.1, 0.15) is 11.1 Å². The van der Waals surface area contributed by atoms with Gasteiger partial charge < -0.3 is 20.1 Å². The molecule has 0 unspecified atom stereocenters. The lowest BCUT2D eigenvalue weighted by Gasteiger charge is -2.46. The van der Waals surface area contributed by atoms with Gasteiger partial charge in [0.15, 0.2) is 0 Å². The van der Waals surface area contributed by atoms with Gasteiger partial charge in [-0.1, -0.05) is 40.2 Å². The molecule has 2 amide bonds. The molecule has 6 heteroatoms. The Morgan fingerprint density at radius 3 is 2.67 bits per heavy atom. The molecule has 2 aromatic rings. The van der Waals surface area contributed by atoms with Crippen LogP contribution in [0.3, 0.4) is 0 Å². The zero-order valence-corrected chi connectivity index (χ0v) is 15.1. The lowest BCUT2D eigenvalue weighted by molar-refractivity contribution is -0.0793. The van der Waals surface area contributed by atoms with Gasteiger partial charge in [-0.2, -0.15) is 0 Å². The summed E-state index contributed by atoms with van der Waals surface area (Å²) in [4.78, 5) is 14.0. The Labute approximate surface area is 149 Å². The topological polar surface area (TPSA) is 61.8 Å². The van der Waals surface area contributed by atoms with E-state index < -0.39 is 5.60 Å². The van der Waals surface area contributed by atoms with Crippen molar-refractivity contribution in [1.82, 2.24) is 4.90 Å². The Hall–Kier alpha value is -2.05. The number of benzene rings is 2. The monoisotopic (exact) mass is 390 g/mol. The van der Waals surface area contributed by atoms with Gasteiger partial charge in [0.05, 0.1) is 25.9 Å². The molecule has 0 aliphatic carbocycles. The fourth-order valence-corrected chi connectivity index (χ4v) is 3.25. The molecule has 0 aromatic heterocycles. The van der Waals surface area contributed by atoms with Gasteiger partial charge in [-0.25, -0.2) is 4.79 Å². The molecule has 0 radical (unpaired) electrons. The molecule has 1 aliphatic rings. The van der Waals surface area contributed by atoms with E-state index in [2.05, 4.69) is 21.2 Å². The number of carbonyl (C=O) groups excluding carboxylic acids is 1. The van der Waals surface area contributed by atoms with Crippen LogP contribution in [0.5, 0.6) is 5.75 Å². The minimum atomic E-state index is -1.00. The summed E-state index contributed by atoms with van der Waals surface area (Å²) in [6.45, 7) is 2.42. The van der Waals surface area contributed by atoms with Crippen molar-refractivity contribution < 1.29 is 14.6 Å². The smallest absolute Gasteiger partial charge is 0.322 e. The molecule has 24 heavy (non-hydrogen) atoms. The van der Waals surface area contributed by atoms with Gasteiger partial charge in [-0.15, -0.1) is 0 Å². The van der Waals surface area contributed by atoms with E-state index in [9.17, 15) is 9.90 Å². The number of likely N-dealkylation sites (tertiary alicyclic amines) is 1. The number of nitrogens with zero attached hydrogens (tertiary/aromatic N) is 1. The second-order valence-corrected chi connectivity index (χ2v) is 6.90. The van der Waals surface area contributed by atoms with Gasteiger partial charge in [0.1, 0.15) is 11.4 Å². The molecule has 1 aliphatic heterocycles. The molecular formula is C18H19BrN2O3. The molecule has 1 heterocycles. The number of hydrogen-bond donors (Lipinski definition) is 2. The van der Waals surface area contributed by atoms with Crippen LogP contribution in [0.15, 0.2) is 46.9 Å². The maximum absolute atomic E-state index is 12.4.